The van der Waals surface area contributed by atoms with Gasteiger partial charge in [-0.15, -0.1) is 0 Å². The smallest absolute Gasteiger partial charge is 0.195 e. The van der Waals surface area contributed by atoms with Gasteiger partial charge in [0.2, 0.25) is 0 Å². The van der Waals surface area contributed by atoms with Crippen molar-refractivity contribution >= 4 is 25.8 Å². The molecule has 0 aromatic heterocycles. The van der Waals surface area contributed by atoms with Gasteiger partial charge in [-0.2, -0.15) is 5.26 Å². The lowest BCUT2D eigenvalue weighted by Gasteiger charge is -2.17. The van der Waals surface area contributed by atoms with Gasteiger partial charge in [0, 0.05) is 4.47 Å². The van der Waals surface area contributed by atoms with E-state index in [1.165, 1.54) is 0 Å². The van der Waals surface area contributed by atoms with Crippen molar-refractivity contribution in [3.05, 3.63) is 28.7 Å². The molecule has 0 radical (unpaired) electrons. The van der Waals surface area contributed by atoms with Gasteiger partial charge in [0.25, 0.3) is 0 Å². The minimum Gasteiger partial charge on any atom is -0.222 e. The Balaban J connectivity index is 2.41. The van der Waals surface area contributed by atoms with E-state index in [2.05, 4.69) is 15.9 Å². The van der Waals surface area contributed by atoms with Gasteiger partial charge in [-0.3, -0.25) is 0 Å². The molecule has 0 N–H and O–H groups in total. The Kier molecular flexibility index (Phi) is 4.08. The molecule has 3 nitrogen and oxygen atoms in total. The third-order valence-corrected chi connectivity index (χ3v) is 6.51. The van der Waals surface area contributed by atoms with Crippen molar-refractivity contribution in [3.63, 3.8) is 0 Å². The van der Waals surface area contributed by atoms with Gasteiger partial charge >= 0.3 is 0 Å². The number of rotatable bonds is 3. The summed E-state index contributed by atoms with van der Waals surface area (Å²) in [5, 5.41) is 8.31. The number of halogens is 1. The minimum absolute atomic E-state index is 0.0212. The Morgan fingerprint density at radius 3 is 2.44 bits per heavy atom. The van der Waals surface area contributed by atoms with E-state index < -0.39 is 15.1 Å². The highest BCUT2D eigenvalue weighted by Gasteiger charge is 2.37. The third-order valence-electron chi connectivity index (χ3n) is 3.43. The van der Waals surface area contributed by atoms with Crippen molar-refractivity contribution in [3.8, 4) is 6.07 Å². The zero-order chi connectivity index (χ0) is 13.2. The Labute approximate surface area is 116 Å². The third kappa shape index (κ3) is 2.45. The summed E-state index contributed by atoms with van der Waals surface area (Å²) in [5.74, 6) is -0.0212. The van der Waals surface area contributed by atoms with E-state index in [1.54, 1.807) is 24.3 Å². The molecule has 0 amide bonds. The summed E-state index contributed by atoms with van der Waals surface area (Å²) in [6.45, 7) is 0. The molecule has 0 heterocycles. The molecule has 1 aromatic rings. The number of hydrogen-bond acceptors (Lipinski definition) is 3. The first-order valence-electron chi connectivity index (χ1n) is 5.95. The van der Waals surface area contributed by atoms with Crippen LogP contribution in [0.15, 0.2) is 33.6 Å². The largest absolute Gasteiger partial charge is 0.222 e. The second-order valence-electron chi connectivity index (χ2n) is 4.57. The fourth-order valence-corrected chi connectivity index (χ4v) is 5.26. The molecular formula is C13H14BrNO2S. The average Bonchev–Trinajstić information content (AvgIpc) is 2.83. The minimum atomic E-state index is -3.57. The topological polar surface area (TPSA) is 57.9 Å². The Bertz CT molecular complexity index is 571. The first-order valence-corrected chi connectivity index (χ1v) is 8.29. The molecule has 5 heteroatoms. The molecule has 1 atom stereocenters. The van der Waals surface area contributed by atoms with Crippen LogP contribution in [0.4, 0.5) is 0 Å². The number of benzene rings is 1. The average molecular weight is 328 g/mol. The molecule has 0 spiro atoms. The zero-order valence-electron chi connectivity index (χ0n) is 9.84. The Morgan fingerprint density at radius 1 is 1.28 bits per heavy atom. The molecule has 1 aliphatic carbocycles. The van der Waals surface area contributed by atoms with E-state index in [4.69, 9.17) is 0 Å². The highest BCUT2D eigenvalue weighted by molar-refractivity contribution is 9.10. The van der Waals surface area contributed by atoms with E-state index in [0.29, 0.717) is 4.47 Å². The van der Waals surface area contributed by atoms with Crippen LogP contribution in [0.25, 0.3) is 0 Å². The van der Waals surface area contributed by atoms with E-state index in [-0.39, 0.29) is 10.8 Å². The van der Waals surface area contributed by atoms with Crippen molar-refractivity contribution in [2.24, 2.45) is 5.92 Å². The van der Waals surface area contributed by atoms with Crippen LogP contribution in [0, 0.1) is 17.2 Å². The summed E-state index contributed by atoms with van der Waals surface area (Å²) in [6.07, 6.45) is 3.71. The summed E-state index contributed by atoms with van der Waals surface area (Å²) in [5.41, 5.74) is 0. The molecule has 1 unspecified atom stereocenters. The zero-order valence-corrected chi connectivity index (χ0v) is 12.2. The molecular weight excluding hydrogens is 314 g/mol. The number of sulfone groups is 1. The van der Waals surface area contributed by atoms with Crippen molar-refractivity contribution in [1.29, 1.82) is 5.26 Å². The number of hydrogen-bond donors (Lipinski definition) is 0. The van der Waals surface area contributed by atoms with E-state index in [1.807, 2.05) is 6.07 Å². The predicted molar refractivity (Wildman–Crippen MR) is 72.7 cm³/mol. The van der Waals surface area contributed by atoms with Gasteiger partial charge < -0.3 is 0 Å². The van der Waals surface area contributed by atoms with Gasteiger partial charge in [-0.05, 0) is 46.8 Å². The molecule has 0 saturated heterocycles. The van der Waals surface area contributed by atoms with Crippen LogP contribution in [0.3, 0.4) is 0 Å². The van der Waals surface area contributed by atoms with Crippen LogP contribution in [0.5, 0.6) is 0 Å². The van der Waals surface area contributed by atoms with Gasteiger partial charge in [-0.25, -0.2) is 8.42 Å². The molecule has 1 fully saturated rings. The van der Waals surface area contributed by atoms with Crippen LogP contribution in [0.2, 0.25) is 0 Å². The van der Waals surface area contributed by atoms with Crippen LogP contribution >= 0.6 is 15.9 Å². The van der Waals surface area contributed by atoms with E-state index >= 15 is 0 Å². The number of nitriles is 1. The maximum atomic E-state index is 12.5. The standard InChI is InChI=1S/C13H14BrNO2S/c14-11-7-3-4-8-12(11)18(16,17)13(9-15)10-5-1-2-6-10/h3-4,7-8,10,13H,1-2,5-6H2. The SMILES string of the molecule is N#CC(C1CCCC1)S(=O)(=O)c1ccccc1Br. The second-order valence-corrected chi connectivity index (χ2v) is 7.46. The molecule has 1 aliphatic rings. The summed E-state index contributed by atoms with van der Waals surface area (Å²) < 4.78 is 25.6. The van der Waals surface area contributed by atoms with Crippen molar-refractivity contribution in [2.75, 3.05) is 0 Å². The van der Waals surface area contributed by atoms with Crippen molar-refractivity contribution in [2.45, 2.75) is 35.8 Å². The number of nitrogens with zero attached hydrogens (tertiary/aromatic N) is 1. The Morgan fingerprint density at radius 2 is 1.89 bits per heavy atom. The summed E-state index contributed by atoms with van der Waals surface area (Å²) in [4.78, 5) is 0.225. The first-order chi connectivity index (χ1) is 8.57. The highest BCUT2D eigenvalue weighted by atomic mass is 79.9. The van der Waals surface area contributed by atoms with Crippen LogP contribution in [-0.4, -0.2) is 13.7 Å². The lowest BCUT2D eigenvalue weighted by molar-refractivity contribution is 0.525. The lowest BCUT2D eigenvalue weighted by atomic mass is 10.1. The van der Waals surface area contributed by atoms with Crippen LogP contribution in [-0.2, 0) is 9.84 Å². The van der Waals surface area contributed by atoms with E-state index in [0.717, 1.165) is 25.7 Å². The Hall–Kier alpha value is -0.860. The molecule has 18 heavy (non-hydrogen) atoms. The maximum Gasteiger partial charge on any atom is 0.195 e. The fourth-order valence-electron chi connectivity index (χ4n) is 2.50. The van der Waals surface area contributed by atoms with Gasteiger partial charge in [0.1, 0.15) is 0 Å². The molecule has 0 aliphatic heterocycles. The summed E-state index contributed by atoms with van der Waals surface area (Å²) in [7, 11) is -3.57. The highest BCUT2D eigenvalue weighted by Crippen LogP contribution is 2.35. The molecule has 96 valence electrons. The van der Waals surface area contributed by atoms with Crippen LogP contribution in [0.1, 0.15) is 25.7 Å². The van der Waals surface area contributed by atoms with Crippen LogP contribution < -0.4 is 0 Å². The quantitative estimate of drug-likeness (QED) is 0.855. The second kappa shape index (κ2) is 5.41. The van der Waals surface area contributed by atoms with Crippen molar-refractivity contribution in [1.82, 2.24) is 0 Å². The maximum absolute atomic E-state index is 12.5. The van der Waals surface area contributed by atoms with Gasteiger partial charge in [-0.1, -0.05) is 25.0 Å². The summed E-state index contributed by atoms with van der Waals surface area (Å²) in [6, 6.07) is 8.69. The molecule has 0 bridgehead atoms. The van der Waals surface area contributed by atoms with E-state index in [9.17, 15) is 13.7 Å². The van der Waals surface area contributed by atoms with Crippen molar-refractivity contribution < 1.29 is 8.42 Å². The predicted octanol–water partition coefficient (Wildman–Crippen LogP) is 3.31. The fraction of sp³-hybridized carbons (Fsp3) is 0.462. The monoisotopic (exact) mass is 327 g/mol. The molecule has 2 rings (SSSR count). The summed E-state index contributed by atoms with van der Waals surface area (Å²) >= 11 is 3.25. The molecule has 1 aromatic carbocycles. The lowest BCUT2D eigenvalue weighted by Crippen LogP contribution is -2.27. The van der Waals surface area contributed by atoms with Gasteiger partial charge in [0.05, 0.1) is 11.0 Å². The normalized spacial score (nSPS) is 18.4. The first kappa shape index (κ1) is 13.6. The molecule has 1 saturated carbocycles. The van der Waals surface area contributed by atoms with Gasteiger partial charge in [0.15, 0.2) is 15.1 Å².